The number of para-hydroxylation sites is 2. The summed E-state index contributed by atoms with van der Waals surface area (Å²) in [7, 11) is 0. The molecular weight excluding hydrogens is 252 g/mol. The van der Waals surface area contributed by atoms with Gasteiger partial charge in [0.15, 0.2) is 0 Å². The highest BCUT2D eigenvalue weighted by atomic mass is 19.4. The maximum Gasteiger partial charge on any atom is 0.506 e. The van der Waals surface area contributed by atoms with E-state index in [4.69, 9.17) is 0 Å². The van der Waals surface area contributed by atoms with Crippen LogP contribution in [0.4, 0.5) is 12.9 Å². The molecule has 2 nitrogen and oxygen atoms in total. The Hall–Kier alpha value is -1.72. The fourth-order valence-electron chi connectivity index (χ4n) is 2.02. The Bertz CT molecular complexity index is 601. The van der Waals surface area contributed by atoms with Crippen LogP contribution < -0.4 is 0 Å². The molecule has 102 valence electrons. The van der Waals surface area contributed by atoms with Crippen molar-refractivity contribution in [3.63, 3.8) is 0 Å². The second-order valence-electron chi connectivity index (χ2n) is 4.59. The van der Waals surface area contributed by atoms with E-state index in [9.17, 15) is 12.9 Å². The zero-order valence-electron chi connectivity index (χ0n) is 10.7. The van der Waals surface area contributed by atoms with Crippen LogP contribution in [0, 0.1) is 0 Å². The molecule has 0 aliphatic heterocycles. The molecule has 1 aromatic carbocycles. The van der Waals surface area contributed by atoms with Crippen molar-refractivity contribution in [2.45, 2.75) is 26.3 Å². The minimum atomic E-state index is -5.01. The lowest BCUT2D eigenvalue weighted by Crippen LogP contribution is -2.23. The number of benzene rings is 1. The van der Waals surface area contributed by atoms with Crippen molar-refractivity contribution >= 4 is 18.0 Å². The van der Waals surface area contributed by atoms with Gasteiger partial charge in [-0.2, -0.15) is 0 Å². The molecule has 0 bridgehead atoms. The van der Waals surface area contributed by atoms with Crippen LogP contribution in [-0.2, 0) is 13.0 Å². The molecule has 0 unspecified atom stereocenters. The van der Waals surface area contributed by atoms with E-state index >= 15 is 0 Å². The van der Waals surface area contributed by atoms with Crippen LogP contribution in [0.1, 0.15) is 19.2 Å². The molecule has 2 rings (SSSR count). The van der Waals surface area contributed by atoms with E-state index in [1.165, 1.54) is 0 Å². The first-order valence-electron chi connectivity index (χ1n) is 6.25. The maximum absolute atomic E-state index is 12.7. The average molecular weight is 267 g/mol. The molecule has 0 atom stereocenters. The lowest BCUT2D eigenvalue weighted by Gasteiger charge is -2.19. The van der Waals surface area contributed by atoms with E-state index in [1.807, 2.05) is 19.1 Å². The Balaban J connectivity index is 2.45. The fourth-order valence-corrected chi connectivity index (χ4v) is 2.02. The van der Waals surface area contributed by atoms with Gasteiger partial charge in [0.1, 0.15) is 5.82 Å². The van der Waals surface area contributed by atoms with Gasteiger partial charge in [0.05, 0.1) is 11.0 Å². The summed E-state index contributed by atoms with van der Waals surface area (Å²) >= 11 is 0. The number of aryl methyl sites for hydroxylation is 1. The molecule has 0 fully saturated rings. The number of aromatic nitrogens is 2. The quantitative estimate of drug-likeness (QED) is 0.750. The molecule has 0 radical (unpaired) electrons. The van der Waals surface area contributed by atoms with E-state index in [0.29, 0.717) is 12.2 Å². The van der Waals surface area contributed by atoms with E-state index < -0.39 is 12.4 Å². The lowest BCUT2D eigenvalue weighted by atomic mass is 9.80. The van der Waals surface area contributed by atoms with Crippen LogP contribution in [0.5, 0.6) is 0 Å². The number of fused-ring (bicyclic) bond motifs is 1. The molecule has 0 saturated heterocycles. The van der Waals surface area contributed by atoms with Gasteiger partial charge in [0.2, 0.25) is 0 Å². The van der Waals surface area contributed by atoms with Gasteiger partial charge in [-0.15, -0.1) is 12.1 Å². The van der Waals surface area contributed by atoms with E-state index in [1.54, 1.807) is 16.7 Å². The number of imidazole rings is 1. The van der Waals surface area contributed by atoms with Gasteiger partial charge in [-0.3, -0.25) is 0 Å². The van der Waals surface area contributed by atoms with Gasteiger partial charge in [-0.05, 0) is 18.6 Å². The fraction of sp³-hybridized carbons (Fsp3) is 0.308. The molecular formula is C13H15BF3N2-. The van der Waals surface area contributed by atoms with Gasteiger partial charge in [-0.25, -0.2) is 4.98 Å². The minimum absolute atomic E-state index is 0.237. The highest BCUT2D eigenvalue weighted by molar-refractivity contribution is 6.66. The van der Waals surface area contributed by atoms with Gasteiger partial charge in [0.25, 0.3) is 0 Å². The van der Waals surface area contributed by atoms with Crippen molar-refractivity contribution in [3.05, 3.63) is 42.1 Å². The van der Waals surface area contributed by atoms with Crippen LogP contribution in [0.2, 0.25) is 0 Å². The Morgan fingerprint density at radius 3 is 2.63 bits per heavy atom. The molecule has 0 N–H and O–H groups in total. The van der Waals surface area contributed by atoms with Crippen LogP contribution in [0.15, 0.2) is 36.3 Å². The maximum atomic E-state index is 12.7. The third-order valence-electron chi connectivity index (χ3n) is 3.03. The van der Waals surface area contributed by atoms with E-state index in [2.05, 4.69) is 11.6 Å². The zero-order valence-corrected chi connectivity index (χ0v) is 10.7. The minimum Gasteiger partial charge on any atom is -0.445 e. The summed E-state index contributed by atoms with van der Waals surface area (Å²) in [5.74, 6) is 0.685. The van der Waals surface area contributed by atoms with Crippen molar-refractivity contribution in [2.75, 3.05) is 0 Å². The summed E-state index contributed by atoms with van der Waals surface area (Å²) in [6.45, 7) is -0.104. The van der Waals surface area contributed by atoms with Crippen molar-refractivity contribution in [3.8, 4) is 0 Å². The third kappa shape index (κ3) is 2.83. The van der Waals surface area contributed by atoms with Crippen LogP contribution in [0.3, 0.4) is 0 Å². The topological polar surface area (TPSA) is 17.8 Å². The number of nitrogens with zero attached hydrogens (tertiary/aromatic N) is 2. The summed E-state index contributed by atoms with van der Waals surface area (Å²) in [6, 6.07) is 7.24. The summed E-state index contributed by atoms with van der Waals surface area (Å²) < 4.78 is 39.7. The van der Waals surface area contributed by atoms with Crippen molar-refractivity contribution < 1.29 is 12.9 Å². The molecule has 19 heavy (non-hydrogen) atoms. The number of hydrogen-bond donors (Lipinski definition) is 0. The number of halogens is 3. The predicted molar refractivity (Wildman–Crippen MR) is 71.9 cm³/mol. The van der Waals surface area contributed by atoms with Crippen molar-refractivity contribution in [1.29, 1.82) is 0 Å². The molecule has 6 heteroatoms. The lowest BCUT2D eigenvalue weighted by molar-refractivity contribution is 0.482. The van der Waals surface area contributed by atoms with Crippen LogP contribution >= 0.6 is 0 Å². The number of hydrogen-bond acceptors (Lipinski definition) is 1. The standard InChI is InChI=1S/C13H15BF3N2/c1-3-6-13-18-11-7-4-5-8-12(11)19(13)9-10(2)14(15,16)17/h4-5,7-8H,2-3,6,9H2,1H3/q-1. The van der Waals surface area contributed by atoms with Gasteiger partial charge in [-0.1, -0.05) is 19.1 Å². The molecule has 0 amide bonds. The van der Waals surface area contributed by atoms with Crippen molar-refractivity contribution in [1.82, 2.24) is 9.55 Å². The largest absolute Gasteiger partial charge is 0.506 e. The third-order valence-corrected chi connectivity index (χ3v) is 3.03. The molecule has 2 aromatic rings. The summed E-state index contributed by atoms with van der Waals surface area (Å²) in [6.07, 6.45) is 1.50. The van der Waals surface area contributed by atoms with Gasteiger partial charge < -0.3 is 17.5 Å². The Kier molecular flexibility index (Phi) is 3.69. The zero-order chi connectivity index (χ0) is 14.0. The van der Waals surface area contributed by atoms with E-state index in [-0.39, 0.29) is 6.54 Å². The summed E-state index contributed by atoms with van der Waals surface area (Å²) in [5.41, 5.74) is 0.765. The normalized spacial score (nSPS) is 12.0. The molecule has 0 saturated carbocycles. The molecule has 0 aliphatic carbocycles. The van der Waals surface area contributed by atoms with Crippen LogP contribution in [0.25, 0.3) is 11.0 Å². The first-order valence-corrected chi connectivity index (χ1v) is 6.25. The second-order valence-corrected chi connectivity index (χ2v) is 4.59. The Morgan fingerprint density at radius 2 is 2.00 bits per heavy atom. The van der Waals surface area contributed by atoms with Gasteiger partial charge in [0, 0.05) is 13.0 Å². The molecule has 0 spiro atoms. The number of allylic oxidation sites excluding steroid dienone is 1. The van der Waals surface area contributed by atoms with Crippen molar-refractivity contribution in [2.24, 2.45) is 0 Å². The summed E-state index contributed by atoms with van der Waals surface area (Å²) in [5, 5.41) is 0. The summed E-state index contributed by atoms with van der Waals surface area (Å²) in [4.78, 5) is 4.40. The smallest absolute Gasteiger partial charge is 0.445 e. The predicted octanol–water partition coefficient (Wildman–Crippen LogP) is 3.93. The SMILES string of the molecule is C=C(Cn1c(CCC)nc2ccccc21)[B-](F)(F)F. The van der Waals surface area contributed by atoms with Crippen LogP contribution in [-0.4, -0.2) is 16.5 Å². The van der Waals surface area contributed by atoms with E-state index in [0.717, 1.165) is 17.5 Å². The highest BCUT2D eigenvalue weighted by Gasteiger charge is 2.27. The first kappa shape index (κ1) is 13.7. The molecule has 1 heterocycles. The molecule has 1 aromatic heterocycles. The monoisotopic (exact) mass is 267 g/mol. The van der Waals surface area contributed by atoms with Gasteiger partial charge >= 0.3 is 6.98 Å². The second kappa shape index (κ2) is 5.11. The molecule has 0 aliphatic rings. The number of rotatable bonds is 5. The Morgan fingerprint density at radius 1 is 1.32 bits per heavy atom. The first-order chi connectivity index (χ1) is 8.93. The Labute approximate surface area is 110 Å². The average Bonchev–Trinajstić information content (AvgIpc) is 2.67. The highest BCUT2D eigenvalue weighted by Crippen LogP contribution is 2.24.